The Morgan fingerprint density at radius 1 is 1.22 bits per heavy atom. The van der Waals surface area contributed by atoms with E-state index in [-0.39, 0.29) is 0 Å². The Labute approximate surface area is 162 Å². The number of H-pyrrole nitrogens is 1. The first kappa shape index (κ1) is 18.3. The number of aromatic amines is 1. The van der Waals surface area contributed by atoms with E-state index in [1.54, 1.807) is 0 Å². The summed E-state index contributed by atoms with van der Waals surface area (Å²) in [6.07, 6.45) is 8.27. The maximum Gasteiger partial charge on any atom is 0.227 e. The van der Waals surface area contributed by atoms with Crippen LogP contribution in [0.5, 0.6) is 0 Å². The van der Waals surface area contributed by atoms with Gasteiger partial charge in [0, 0.05) is 37.0 Å². The zero-order valence-corrected chi connectivity index (χ0v) is 16.8. The third kappa shape index (κ3) is 4.25. The summed E-state index contributed by atoms with van der Waals surface area (Å²) in [5.74, 6) is 5.56. The summed E-state index contributed by atoms with van der Waals surface area (Å²) in [6.45, 7) is 9.15. The van der Waals surface area contributed by atoms with E-state index in [1.807, 2.05) is 12.3 Å². The Bertz CT molecular complexity index is 747. The number of hydrogen-bond donors (Lipinski definition) is 2. The molecule has 2 N–H and O–H groups in total. The van der Waals surface area contributed by atoms with E-state index in [1.165, 1.54) is 37.8 Å². The van der Waals surface area contributed by atoms with Gasteiger partial charge in [0.25, 0.3) is 0 Å². The lowest BCUT2D eigenvalue weighted by Crippen LogP contribution is -2.51. The fraction of sp³-hybridized carbons (Fsp3) is 0.667. The van der Waals surface area contributed by atoms with Crippen LogP contribution < -0.4 is 10.2 Å². The lowest BCUT2D eigenvalue weighted by atomic mass is 9.78. The molecule has 4 rings (SSSR count). The van der Waals surface area contributed by atoms with Crippen LogP contribution in [0.2, 0.25) is 0 Å². The second-order valence-electron chi connectivity index (χ2n) is 8.43. The summed E-state index contributed by atoms with van der Waals surface area (Å²) in [7, 11) is 0. The smallest absolute Gasteiger partial charge is 0.227 e. The Morgan fingerprint density at radius 3 is 2.74 bits per heavy atom. The molecule has 0 aromatic carbocycles. The molecular formula is C21H32N6. The van der Waals surface area contributed by atoms with Crippen LogP contribution in [0.1, 0.15) is 64.5 Å². The van der Waals surface area contributed by atoms with Gasteiger partial charge in [-0.15, -0.1) is 0 Å². The summed E-state index contributed by atoms with van der Waals surface area (Å²) < 4.78 is 0. The first-order chi connectivity index (χ1) is 13.2. The molecular weight excluding hydrogens is 336 g/mol. The molecule has 2 aromatic rings. The van der Waals surface area contributed by atoms with Gasteiger partial charge in [-0.2, -0.15) is 10.1 Å². The van der Waals surface area contributed by atoms with Gasteiger partial charge >= 0.3 is 0 Å². The molecule has 1 unspecified atom stereocenters. The molecule has 1 saturated carbocycles. The standard InChI is InChI=1S/C21H32N6/c1-4-14(3)10-15(5-2)17-12-27(13-17)21-22-9-8-19(24-21)23-20-11-18(25-26-20)16-6-7-16/h8-9,11,14-17H,4-7,10,12-13H2,1-3H3,(H2,22,23,24,25,26)/t14-,15?/m1/s1. The molecule has 0 spiro atoms. The summed E-state index contributed by atoms with van der Waals surface area (Å²) in [4.78, 5) is 11.5. The number of hydrogen-bond acceptors (Lipinski definition) is 5. The minimum absolute atomic E-state index is 0.675. The van der Waals surface area contributed by atoms with Crippen LogP contribution in [-0.4, -0.2) is 33.3 Å². The summed E-state index contributed by atoms with van der Waals surface area (Å²) in [6, 6.07) is 4.00. The van der Waals surface area contributed by atoms with Gasteiger partial charge in [0.2, 0.25) is 5.95 Å². The van der Waals surface area contributed by atoms with E-state index in [2.05, 4.69) is 52.2 Å². The molecule has 0 bridgehead atoms. The summed E-state index contributed by atoms with van der Waals surface area (Å²) in [5, 5.41) is 10.8. The van der Waals surface area contributed by atoms with Crippen LogP contribution in [0.4, 0.5) is 17.6 Å². The van der Waals surface area contributed by atoms with Gasteiger partial charge in [-0.1, -0.05) is 33.6 Å². The van der Waals surface area contributed by atoms with Crippen LogP contribution in [-0.2, 0) is 0 Å². The Kier molecular flexibility index (Phi) is 5.32. The molecule has 2 aliphatic rings. The molecule has 2 aromatic heterocycles. The summed E-state index contributed by atoms with van der Waals surface area (Å²) >= 11 is 0. The number of nitrogens with one attached hydrogen (secondary N) is 2. The van der Waals surface area contributed by atoms with E-state index in [0.717, 1.165) is 48.4 Å². The third-order valence-corrected chi connectivity index (χ3v) is 6.30. The zero-order valence-electron chi connectivity index (χ0n) is 16.8. The molecule has 1 saturated heterocycles. The van der Waals surface area contributed by atoms with Crippen molar-refractivity contribution in [3.63, 3.8) is 0 Å². The topological polar surface area (TPSA) is 69.7 Å². The Hall–Kier alpha value is -2.11. The molecule has 1 aliphatic carbocycles. The van der Waals surface area contributed by atoms with Crippen molar-refractivity contribution in [2.45, 2.75) is 58.8 Å². The van der Waals surface area contributed by atoms with Crippen LogP contribution in [0.3, 0.4) is 0 Å². The molecule has 0 radical (unpaired) electrons. The van der Waals surface area contributed by atoms with Gasteiger partial charge in [-0.05, 0) is 43.1 Å². The number of aromatic nitrogens is 4. The van der Waals surface area contributed by atoms with Crippen molar-refractivity contribution in [3.05, 3.63) is 24.0 Å². The van der Waals surface area contributed by atoms with Crippen molar-refractivity contribution < 1.29 is 0 Å². The molecule has 6 nitrogen and oxygen atoms in total. The van der Waals surface area contributed by atoms with E-state index < -0.39 is 0 Å². The van der Waals surface area contributed by atoms with Crippen molar-refractivity contribution in [2.24, 2.45) is 17.8 Å². The van der Waals surface area contributed by atoms with Gasteiger partial charge < -0.3 is 10.2 Å². The van der Waals surface area contributed by atoms with Crippen molar-refractivity contribution in [1.29, 1.82) is 0 Å². The highest BCUT2D eigenvalue weighted by molar-refractivity contribution is 5.54. The number of nitrogens with zero attached hydrogens (tertiary/aromatic N) is 4. The maximum absolute atomic E-state index is 4.71. The quantitative estimate of drug-likeness (QED) is 0.670. The molecule has 146 valence electrons. The van der Waals surface area contributed by atoms with Gasteiger partial charge in [0.05, 0.1) is 0 Å². The van der Waals surface area contributed by atoms with Crippen LogP contribution >= 0.6 is 0 Å². The summed E-state index contributed by atoms with van der Waals surface area (Å²) in [5.41, 5.74) is 1.23. The first-order valence-corrected chi connectivity index (χ1v) is 10.6. The van der Waals surface area contributed by atoms with Crippen LogP contribution in [0.25, 0.3) is 0 Å². The third-order valence-electron chi connectivity index (χ3n) is 6.30. The van der Waals surface area contributed by atoms with Crippen LogP contribution in [0, 0.1) is 17.8 Å². The first-order valence-electron chi connectivity index (χ1n) is 10.6. The SMILES string of the molecule is CCC(C[C@H](C)CC)C1CN(c2nccc(Nc3cc(C4CC4)[nH]n3)n2)C1. The zero-order chi connectivity index (χ0) is 18.8. The second-order valence-corrected chi connectivity index (χ2v) is 8.43. The molecule has 6 heteroatoms. The van der Waals surface area contributed by atoms with E-state index in [9.17, 15) is 0 Å². The highest BCUT2D eigenvalue weighted by Crippen LogP contribution is 2.39. The fourth-order valence-electron chi connectivity index (χ4n) is 4.06. The fourth-order valence-corrected chi connectivity index (χ4v) is 4.06. The van der Waals surface area contributed by atoms with E-state index in [4.69, 9.17) is 4.98 Å². The minimum Gasteiger partial charge on any atom is -0.340 e. The van der Waals surface area contributed by atoms with Crippen molar-refractivity contribution in [3.8, 4) is 0 Å². The molecule has 2 fully saturated rings. The normalized spacial score (nSPS) is 19.6. The van der Waals surface area contributed by atoms with Gasteiger partial charge in [-0.3, -0.25) is 5.10 Å². The average molecular weight is 369 g/mol. The lowest BCUT2D eigenvalue weighted by Gasteiger charge is -2.44. The minimum atomic E-state index is 0.675. The molecule has 1 aliphatic heterocycles. The Morgan fingerprint density at radius 2 is 2.04 bits per heavy atom. The van der Waals surface area contributed by atoms with Gasteiger partial charge in [0.15, 0.2) is 5.82 Å². The highest BCUT2D eigenvalue weighted by atomic mass is 15.3. The average Bonchev–Trinajstić information content (AvgIpc) is 3.39. The monoisotopic (exact) mass is 368 g/mol. The van der Waals surface area contributed by atoms with Gasteiger partial charge in [-0.25, -0.2) is 4.98 Å². The predicted octanol–water partition coefficient (Wildman–Crippen LogP) is 4.72. The maximum atomic E-state index is 4.71. The Balaban J connectivity index is 1.34. The largest absolute Gasteiger partial charge is 0.340 e. The number of anilines is 3. The highest BCUT2D eigenvalue weighted by Gasteiger charge is 2.34. The molecule has 3 heterocycles. The predicted molar refractivity (Wildman–Crippen MR) is 109 cm³/mol. The van der Waals surface area contributed by atoms with Crippen molar-refractivity contribution in [2.75, 3.05) is 23.3 Å². The molecule has 0 amide bonds. The lowest BCUT2D eigenvalue weighted by molar-refractivity contribution is 0.220. The molecule has 2 atom stereocenters. The van der Waals surface area contributed by atoms with E-state index in [0.29, 0.717) is 5.92 Å². The van der Waals surface area contributed by atoms with Crippen molar-refractivity contribution >= 4 is 17.6 Å². The van der Waals surface area contributed by atoms with E-state index >= 15 is 0 Å². The van der Waals surface area contributed by atoms with Gasteiger partial charge in [0.1, 0.15) is 5.82 Å². The second kappa shape index (κ2) is 7.87. The van der Waals surface area contributed by atoms with Crippen molar-refractivity contribution in [1.82, 2.24) is 20.2 Å². The number of rotatable bonds is 9. The van der Waals surface area contributed by atoms with Crippen LogP contribution in [0.15, 0.2) is 18.3 Å². The molecule has 27 heavy (non-hydrogen) atoms.